The molecule has 21 heavy (non-hydrogen) atoms. The maximum Gasteiger partial charge on any atom is 0.271 e. The van der Waals surface area contributed by atoms with Crippen molar-refractivity contribution in [3.63, 3.8) is 0 Å². The van der Waals surface area contributed by atoms with Crippen molar-refractivity contribution in [2.75, 3.05) is 26.2 Å². The molecular weight excluding hydrogens is 266 g/mol. The molecule has 114 valence electrons. The Morgan fingerprint density at radius 1 is 1.48 bits per heavy atom. The second kappa shape index (κ2) is 9.11. The Morgan fingerprint density at radius 3 is 2.81 bits per heavy atom. The lowest BCUT2D eigenvalue weighted by Gasteiger charge is -2.23. The third kappa shape index (κ3) is 5.54. The van der Waals surface area contributed by atoms with Gasteiger partial charge in [-0.15, -0.1) is 0 Å². The highest BCUT2D eigenvalue weighted by molar-refractivity contribution is 5.94. The minimum Gasteiger partial charge on any atom is -0.384 e. The Kier molecular flexibility index (Phi) is 7.44. The maximum absolute atomic E-state index is 12.3. The number of amides is 1. The third-order valence-corrected chi connectivity index (χ3v) is 3.13. The van der Waals surface area contributed by atoms with Crippen molar-refractivity contribution in [2.45, 2.75) is 26.8 Å². The van der Waals surface area contributed by atoms with Crippen molar-refractivity contribution in [1.82, 2.24) is 15.2 Å². The van der Waals surface area contributed by atoms with Gasteiger partial charge < -0.3 is 15.3 Å². The van der Waals surface area contributed by atoms with Gasteiger partial charge in [-0.2, -0.15) is 0 Å². The van der Waals surface area contributed by atoms with Gasteiger partial charge in [0.05, 0.1) is 5.56 Å². The predicted molar refractivity (Wildman–Crippen MR) is 82.9 cm³/mol. The molecule has 1 aromatic heterocycles. The quantitative estimate of drug-likeness (QED) is 0.763. The Bertz CT molecular complexity index is 516. The minimum absolute atomic E-state index is 0.0260. The number of nitrogens with one attached hydrogen (secondary N) is 1. The zero-order chi connectivity index (χ0) is 15.7. The SMILES string of the molecule is CCN(CC)CC(C)NC(=O)c1ncccc1C#CCO. The second-order valence-electron chi connectivity index (χ2n) is 4.72. The molecule has 2 N–H and O–H groups in total. The van der Waals surface area contributed by atoms with Gasteiger partial charge in [-0.3, -0.25) is 4.79 Å². The summed E-state index contributed by atoms with van der Waals surface area (Å²) >= 11 is 0. The highest BCUT2D eigenvalue weighted by Crippen LogP contribution is 2.04. The molecular formula is C16H23N3O2. The van der Waals surface area contributed by atoms with Crippen molar-refractivity contribution >= 4 is 5.91 Å². The summed E-state index contributed by atoms with van der Waals surface area (Å²) in [6.45, 7) is 8.62. The van der Waals surface area contributed by atoms with Gasteiger partial charge in [-0.05, 0) is 32.1 Å². The van der Waals surface area contributed by atoms with Crippen LogP contribution in [0.25, 0.3) is 0 Å². The van der Waals surface area contributed by atoms with Crippen LogP contribution in [0.3, 0.4) is 0 Å². The van der Waals surface area contributed by atoms with Crippen LogP contribution in [0.1, 0.15) is 36.8 Å². The molecule has 0 aliphatic carbocycles. The monoisotopic (exact) mass is 289 g/mol. The lowest BCUT2D eigenvalue weighted by molar-refractivity contribution is 0.0925. The molecule has 0 aliphatic rings. The standard InChI is InChI=1S/C16H23N3O2/c1-4-19(5-2)12-13(3)18-16(21)15-14(9-7-11-20)8-6-10-17-15/h6,8,10,13,20H,4-5,11-12H2,1-3H3,(H,18,21). The highest BCUT2D eigenvalue weighted by atomic mass is 16.2. The van der Waals surface area contributed by atoms with E-state index in [2.05, 4.69) is 40.9 Å². The third-order valence-electron chi connectivity index (χ3n) is 3.13. The van der Waals surface area contributed by atoms with E-state index in [1.807, 2.05) is 6.92 Å². The molecule has 0 saturated carbocycles. The first-order chi connectivity index (χ1) is 10.1. The van der Waals surface area contributed by atoms with E-state index in [9.17, 15) is 4.79 Å². The van der Waals surface area contributed by atoms with E-state index in [-0.39, 0.29) is 18.6 Å². The topological polar surface area (TPSA) is 65.5 Å². The van der Waals surface area contributed by atoms with Crippen LogP contribution >= 0.6 is 0 Å². The van der Waals surface area contributed by atoms with E-state index in [1.54, 1.807) is 18.3 Å². The lowest BCUT2D eigenvalue weighted by Crippen LogP contribution is -2.42. The van der Waals surface area contributed by atoms with Crippen LogP contribution in [0, 0.1) is 11.8 Å². The van der Waals surface area contributed by atoms with Gasteiger partial charge in [-0.1, -0.05) is 25.7 Å². The zero-order valence-electron chi connectivity index (χ0n) is 12.9. The summed E-state index contributed by atoms with van der Waals surface area (Å²) in [6, 6.07) is 3.47. The molecule has 0 aromatic carbocycles. The Hall–Kier alpha value is -1.90. The van der Waals surface area contributed by atoms with Crippen LogP contribution in [-0.4, -0.2) is 53.2 Å². The number of carbonyl (C=O) groups is 1. The van der Waals surface area contributed by atoms with Crippen LogP contribution < -0.4 is 5.32 Å². The van der Waals surface area contributed by atoms with E-state index in [4.69, 9.17) is 5.11 Å². The zero-order valence-corrected chi connectivity index (χ0v) is 12.9. The van der Waals surface area contributed by atoms with Crippen LogP contribution in [0.4, 0.5) is 0 Å². The molecule has 0 radical (unpaired) electrons. The fourth-order valence-electron chi connectivity index (χ4n) is 2.03. The minimum atomic E-state index is -0.242. The average molecular weight is 289 g/mol. The summed E-state index contributed by atoms with van der Waals surface area (Å²) in [7, 11) is 0. The number of aliphatic hydroxyl groups excluding tert-OH is 1. The fraction of sp³-hybridized carbons (Fsp3) is 0.500. The molecule has 1 unspecified atom stereocenters. The van der Waals surface area contributed by atoms with Gasteiger partial charge in [0, 0.05) is 18.8 Å². The van der Waals surface area contributed by atoms with Crippen molar-refractivity contribution in [2.24, 2.45) is 0 Å². The van der Waals surface area contributed by atoms with Gasteiger partial charge in [0.2, 0.25) is 0 Å². The molecule has 0 bridgehead atoms. The average Bonchev–Trinajstić information content (AvgIpc) is 2.50. The molecule has 0 spiro atoms. The number of pyridine rings is 1. The van der Waals surface area contributed by atoms with Crippen LogP contribution in [0.2, 0.25) is 0 Å². The van der Waals surface area contributed by atoms with Gasteiger partial charge in [0.15, 0.2) is 0 Å². The largest absolute Gasteiger partial charge is 0.384 e. The molecule has 1 rings (SSSR count). The fourth-order valence-corrected chi connectivity index (χ4v) is 2.03. The Labute approximate surface area is 126 Å². The van der Waals surface area contributed by atoms with Crippen molar-refractivity contribution in [3.8, 4) is 11.8 Å². The first-order valence-electron chi connectivity index (χ1n) is 7.20. The maximum atomic E-state index is 12.3. The first-order valence-corrected chi connectivity index (χ1v) is 7.20. The van der Waals surface area contributed by atoms with Gasteiger partial charge in [0.25, 0.3) is 5.91 Å². The number of likely N-dealkylation sites (N-methyl/N-ethyl adjacent to an activating group) is 1. The molecule has 0 fully saturated rings. The van der Waals surface area contributed by atoms with Crippen LogP contribution in [-0.2, 0) is 0 Å². The summed E-state index contributed by atoms with van der Waals surface area (Å²) in [5, 5.41) is 11.7. The van der Waals surface area contributed by atoms with Crippen LogP contribution in [0.5, 0.6) is 0 Å². The molecule has 1 heterocycles. The van der Waals surface area contributed by atoms with Crippen molar-refractivity contribution in [3.05, 3.63) is 29.6 Å². The molecule has 5 heteroatoms. The second-order valence-corrected chi connectivity index (χ2v) is 4.72. The van der Waals surface area contributed by atoms with E-state index in [0.717, 1.165) is 19.6 Å². The van der Waals surface area contributed by atoms with Gasteiger partial charge in [0.1, 0.15) is 12.3 Å². The normalized spacial score (nSPS) is 11.7. The molecule has 1 amide bonds. The van der Waals surface area contributed by atoms with E-state index in [1.165, 1.54) is 0 Å². The van der Waals surface area contributed by atoms with Gasteiger partial charge >= 0.3 is 0 Å². The van der Waals surface area contributed by atoms with Gasteiger partial charge in [-0.25, -0.2) is 4.98 Å². The molecule has 0 saturated heterocycles. The number of hydrogen-bond donors (Lipinski definition) is 2. The number of aromatic nitrogens is 1. The molecule has 1 aromatic rings. The Morgan fingerprint density at radius 2 is 2.19 bits per heavy atom. The first kappa shape index (κ1) is 17.2. The molecule has 0 aliphatic heterocycles. The van der Waals surface area contributed by atoms with Crippen molar-refractivity contribution < 1.29 is 9.90 Å². The van der Waals surface area contributed by atoms with E-state index in [0.29, 0.717) is 11.3 Å². The number of rotatable bonds is 6. The Balaban J connectivity index is 2.75. The summed E-state index contributed by atoms with van der Waals surface area (Å²) in [5.74, 6) is 5.05. The van der Waals surface area contributed by atoms with Crippen molar-refractivity contribution in [1.29, 1.82) is 0 Å². The van der Waals surface area contributed by atoms with E-state index < -0.39 is 0 Å². The van der Waals surface area contributed by atoms with E-state index >= 15 is 0 Å². The smallest absolute Gasteiger partial charge is 0.271 e. The molecule has 5 nitrogen and oxygen atoms in total. The number of nitrogens with zero attached hydrogens (tertiary/aromatic N) is 2. The number of hydrogen-bond acceptors (Lipinski definition) is 4. The van der Waals surface area contributed by atoms with Crippen LogP contribution in [0.15, 0.2) is 18.3 Å². The predicted octanol–water partition coefficient (Wildman–Crippen LogP) is 0.885. The number of carbonyl (C=O) groups excluding carboxylic acids is 1. The summed E-state index contributed by atoms with van der Waals surface area (Å²) < 4.78 is 0. The molecule has 1 atom stereocenters. The summed E-state index contributed by atoms with van der Waals surface area (Å²) in [6.07, 6.45) is 1.56. The lowest BCUT2D eigenvalue weighted by atomic mass is 10.1. The summed E-state index contributed by atoms with van der Waals surface area (Å²) in [4.78, 5) is 18.6. The highest BCUT2D eigenvalue weighted by Gasteiger charge is 2.15. The summed E-state index contributed by atoms with van der Waals surface area (Å²) in [5.41, 5.74) is 0.823. The number of aliphatic hydroxyl groups is 1.